The summed E-state index contributed by atoms with van der Waals surface area (Å²) in [5, 5.41) is 0. The van der Waals surface area contributed by atoms with E-state index in [4.69, 9.17) is 25.7 Å². The van der Waals surface area contributed by atoms with E-state index in [1.165, 1.54) is 0 Å². The van der Waals surface area contributed by atoms with Crippen molar-refractivity contribution < 1.29 is 0 Å². The summed E-state index contributed by atoms with van der Waals surface area (Å²) in [5.74, 6) is 39.9. The standard InChI is InChI=1S/C81H68/c1-21-73-49(5)57(13)77(58(14)50(73)6)45-33-65-25-37-69(38-26-65)81(70-39-27-66(28-40-70)34-46-78-59(15)51(7)74(22-2)52(8)60(78)16,71-41-29-67(30-42-71)35-47-79-61(17)53(9)75(23-3)54(10)62(79)18)72-43-31-68(32-44-72)36-48-80-63(19)55(11)76(24-4)56(12)64(80)20/h1-4,25-32,37-44H,5-20H3. The van der Waals surface area contributed by atoms with E-state index in [-0.39, 0.29) is 0 Å². The molecule has 392 valence electrons. The highest BCUT2D eigenvalue weighted by Crippen LogP contribution is 2.46. The zero-order chi connectivity index (χ0) is 58.8. The van der Waals surface area contributed by atoms with E-state index >= 15 is 0 Å². The van der Waals surface area contributed by atoms with Crippen LogP contribution in [0.3, 0.4) is 0 Å². The maximum Gasteiger partial charge on any atom is 0.0701 e. The van der Waals surface area contributed by atoms with Crippen LogP contribution in [0, 0.1) is 208 Å². The molecule has 0 aliphatic heterocycles. The average molecular weight is 1040 g/mol. The van der Waals surface area contributed by atoms with Gasteiger partial charge in [-0.1, -0.05) is 120 Å². The molecule has 0 N–H and O–H groups in total. The first-order chi connectivity index (χ1) is 38.7. The fraction of sp³-hybridized carbons (Fsp3) is 0.210. The second-order valence-electron chi connectivity index (χ2n) is 21.6. The molecule has 0 nitrogen and oxygen atoms in total. The highest BCUT2D eigenvalue weighted by molar-refractivity contribution is 5.68. The fourth-order valence-corrected chi connectivity index (χ4v) is 11.6. The summed E-state index contributed by atoms with van der Waals surface area (Å²) in [4.78, 5) is 0. The number of rotatable bonds is 4. The van der Waals surface area contributed by atoms with Gasteiger partial charge >= 0.3 is 0 Å². The summed E-state index contributed by atoms with van der Waals surface area (Å²) in [6, 6.07) is 34.9. The van der Waals surface area contributed by atoms with Crippen LogP contribution in [0.2, 0.25) is 0 Å². The maximum absolute atomic E-state index is 5.97. The van der Waals surface area contributed by atoms with Crippen molar-refractivity contribution in [2.24, 2.45) is 0 Å². The highest BCUT2D eigenvalue weighted by atomic mass is 14.4. The molecule has 0 atom stereocenters. The van der Waals surface area contributed by atoms with Crippen LogP contribution in [0.4, 0.5) is 0 Å². The second kappa shape index (κ2) is 23.3. The van der Waals surface area contributed by atoms with Crippen molar-refractivity contribution in [3.05, 3.63) is 275 Å². The molecular formula is C81H68. The smallest absolute Gasteiger partial charge is 0.0701 e. The predicted octanol–water partition coefficient (Wildman–Crippen LogP) is 16.5. The summed E-state index contributed by atoms with van der Waals surface area (Å²) in [6.07, 6.45) is 23.9. The van der Waals surface area contributed by atoms with Crippen molar-refractivity contribution in [1.82, 2.24) is 0 Å². The van der Waals surface area contributed by atoms with E-state index in [2.05, 4.69) is 279 Å². The predicted molar refractivity (Wildman–Crippen MR) is 342 cm³/mol. The lowest BCUT2D eigenvalue weighted by atomic mass is 9.65. The largest absolute Gasteiger partial charge is 0.115 e. The minimum absolute atomic E-state index is 0.840. The Kier molecular flexibility index (Phi) is 16.5. The number of hydrogen-bond donors (Lipinski definition) is 0. The van der Waals surface area contributed by atoms with Crippen molar-refractivity contribution in [2.75, 3.05) is 0 Å². The van der Waals surface area contributed by atoms with Crippen LogP contribution in [0.5, 0.6) is 0 Å². The quantitative estimate of drug-likeness (QED) is 0.122. The van der Waals surface area contributed by atoms with Gasteiger partial charge in [0, 0.05) is 66.8 Å². The minimum atomic E-state index is -0.840. The Morgan fingerprint density at radius 1 is 0.198 bits per heavy atom. The van der Waals surface area contributed by atoms with Gasteiger partial charge in [0.1, 0.15) is 0 Å². The molecule has 0 aliphatic rings. The van der Waals surface area contributed by atoms with Gasteiger partial charge in [-0.15, -0.1) is 25.7 Å². The third-order valence-corrected chi connectivity index (χ3v) is 17.7. The Morgan fingerprint density at radius 2 is 0.333 bits per heavy atom. The summed E-state index contributed by atoms with van der Waals surface area (Å²) in [5.41, 5.74) is 32.4. The summed E-state index contributed by atoms with van der Waals surface area (Å²) < 4.78 is 0. The molecule has 0 saturated heterocycles. The zero-order valence-electron chi connectivity index (χ0n) is 50.0. The van der Waals surface area contributed by atoms with Crippen LogP contribution >= 0.6 is 0 Å². The lowest BCUT2D eigenvalue weighted by Crippen LogP contribution is -2.31. The molecule has 0 spiro atoms. The van der Waals surface area contributed by atoms with Crippen LogP contribution in [0.15, 0.2) is 97.1 Å². The Bertz CT molecular complexity index is 3690. The fourth-order valence-electron chi connectivity index (χ4n) is 11.6. The van der Waals surface area contributed by atoms with Crippen LogP contribution < -0.4 is 0 Å². The molecule has 0 unspecified atom stereocenters. The molecule has 0 amide bonds. The van der Waals surface area contributed by atoms with Crippen molar-refractivity contribution in [3.63, 3.8) is 0 Å². The van der Waals surface area contributed by atoms with Crippen molar-refractivity contribution in [3.8, 4) is 96.7 Å². The summed E-state index contributed by atoms with van der Waals surface area (Å²) in [6.45, 7) is 33.6. The molecule has 0 saturated carbocycles. The Balaban J connectivity index is 1.35. The van der Waals surface area contributed by atoms with Crippen LogP contribution in [0.1, 0.15) is 178 Å². The normalized spacial score (nSPS) is 10.5. The zero-order valence-corrected chi connectivity index (χ0v) is 50.0. The van der Waals surface area contributed by atoms with E-state index in [1.54, 1.807) is 0 Å². The molecule has 8 aromatic rings. The molecule has 8 rings (SSSR count). The topological polar surface area (TPSA) is 0 Å². The van der Waals surface area contributed by atoms with E-state index < -0.39 is 5.41 Å². The van der Waals surface area contributed by atoms with Crippen molar-refractivity contribution >= 4 is 0 Å². The lowest BCUT2D eigenvalue weighted by Gasteiger charge is -2.37. The molecule has 0 bridgehead atoms. The van der Waals surface area contributed by atoms with E-state index in [0.29, 0.717) is 0 Å². The average Bonchev–Trinajstić information content (AvgIpc) is 3.51. The van der Waals surface area contributed by atoms with Crippen LogP contribution in [-0.2, 0) is 5.41 Å². The van der Waals surface area contributed by atoms with Gasteiger partial charge < -0.3 is 0 Å². The van der Waals surface area contributed by atoms with Gasteiger partial charge in [0.2, 0.25) is 0 Å². The molecule has 81 heavy (non-hydrogen) atoms. The Hall–Kier alpha value is -9.76. The van der Waals surface area contributed by atoms with Crippen molar-refractivity contribution in [2.45, 2.75) is 116 Å². The lowest BCUT2D eigenvalue weighted by molar-refractivity contribution is 0.744. The van der Waals surface area contributed by atoms with E-state index in [0.717, 1.165) is 178 Å². The Labute approximate surface area is 485 Å². The third kappa shape index (κ3) is 10.3. The number of terminal acetylenes is 4. The first kappa shape index (κ1) is 57.4. The van der Waals surface area contributed by atoms with Gasteiger partial charge in [0.15, 0.2) is 0 Å². The first-order valence-electron chi connectivity index (χ1n) is 27.4. The number of hydrogen-bond acceptors (Lipinski definition) is 0. The molecule has 8 aromatic carbocycles. The molecule has 0 aliphatic carbocycles. The highest BCUT2D eigenvalue weighted by Gasteiger charge is 2.38. The molecule has 0 aromatic heterocycles. The summed E-state index contributed by atoms with van der Waals surface area (Å²) >= 11 is 0. The van der Waals surface area contributed by atoms with Gasteiger partial charge in [-0.25, -0.2) is 0 Å². The van der Waals surface area contributed by atoms with Crippen LogP contribution in [0.25, 0.3) is 0 Å². The molecule has 0 fully saturated rings. The molecule has 0 heterocycles. The van der Waals surface area contributed by atoms with E-state index in [1.807, 2.05) is 0 Å². The maximum atomic E-state index is 5.97. The van der Waals surface area contributed by atoms with Gasteiger partial charge in [0.25, 0.3) is 0 Å². The molecule has 0 heteroatoms. The SMILES string of the molecule is C#Cc1c(C)c(C)c(C#Cc2ccc(C(c3ccc(C#Cc4c(C)c(C)c(C#C)c(C)c4C)cc3)(c3ccc(C#Cc4c(C)c(C)c(C#C)c(C)c4C)cc3)c3ccc(C#Cc4c(C)c(C)c(C#C)c(C)c4C)cc3)cc2)c(C)c1C. The van der Waals surface area contributed by atoms with Gasteiger partial charge in [-0.05, 0) is 271 Å². The van der Waals surface area contributed by atoms with Gasteiger partial charge in [-0.2, -0.15) is 0 Å². The summed E-state index contributed by atoms with van der Waals surface area (Å²) in [7, 11) is 0. The second-order valence-corrected chi connectivity index (χ2v) is 21.6. The van der Waals surface area contributed by atoms with Crippen LogP contribution in [-0.4, -0.2) is 0 Å². The first-order valence-corrected chi connectivity index (χ1v) is 27.4. The third-order valence-electron chi connectivity index (χ3n) is 17.7. The Morgan fingerprint density at radius 3 is 0.469 bits per heavy atom. The monoisotopic (exact) mass is 1040 g/mol. The van der Waals surface area contributed by atoms with Crippen molar-refractivity contribution in [1.29, 1.82) is 0 Å². The molecular weight excluding hydrogens is 973 g/mol. The molecule has 0 radical (unpaired) electrons. The minimum Gasteiger partial charge on any atom is -0.115 e. The van der Waals surface area contributed by atoms with Gasteiger partial charge in [-0.3, -0.25) is 0 Å². The number of benzene rings is 8. The van der Waals surface area contributed by atoms with E-state index in [9.17, 15) is 0 Å². The van der Waals surface area contributed by atoms with Gasteiger partial charge in [0.05, 0.1) is 5.41 Å².